The first kappa shape index (κ1) is 17.3. The van der Waals surface area contributed by atoms with Crippen molar-refractivity contribution in [2.75, 3.05) is 26.6 Å². The smallest absolute Gasteiger partial charge is 0.360 e. The van der Waals surface area contributed by atoms with Gasteiger partial charge in [-0.1, -0.05) is 18.2 Å². The molecule has 2 aromatic carbocycles. The third kappa shape index (κ3) is 3.19. The van der Waals surface area contributed by atoms with Crippen LogP contribution in [0.25, 0.3) is 11.0 Å². The number of methoxy groups -OCH3 is 3. The Balaban J connectivity index is 1.98. The molecule has 1 aromatic heterocycles. The van der Waals surface area contributed by atoms with E-state index in [0.29, 0.717) is 28.2 Å². The third-order valence-corrected chi connectivity index (χ3v) is 3.82. The van der Waals surface area contributed by atoms with E-state index >= 15 is 0 Å². The molecule has 0 spiro atoms. The van der Waals surface area contributed by atoms with Gasteiger partial charge in [0.15, 0.2) is 11.5 Å². The SMILES string of the molecule is COc1cc(C(=O)Nc2cc3ccccc3oc2=O)cc(OC)c1OC. The maximum absolute atomic E-state index is 12.6. The number of benzene rings is 2. The topological polar surface area (TPSA) is 87.0 Å². The number of para-hydroxylation sites is 1. The van der Waals surface area contributed by atoms with Gasteiger partial charge in [-0.2, -0.15) is 0 Å². The Bertz CT molecular complexity index is 999. The van der Waals surface area contributed by atoms with Crippen molar-refractivity contribution in [2.24, 2.45) is 0 Å². The molecule has 134 valence electrons. The van der Waals surface area contributed by atoms with Gasteiger partial charge in [0, 0.05) is 10.9 Å². The largest absolute Gasteiger partial charge is 0.493 e. The second-order valence-corrected chi connectivity index (χ2v) is 5.35. The number of anilines is 1. The van der Waals surface area contributed by atoms with Gasteiger partial charge in [-0.25, -0.2) is 4.79 Å². The van der Waals surface area contributed by atoms with Crippen molar-refractivity contribution in [3.8, 4) is 17.2 Å². The molecule has 26 heavy (non-hydrogen) atoms. The van der Waals surface area contributed by atoms with Crippen molar-refractivity contribution in [3.05, 3.63) is 58.4 Å². The first-order valence-corrected chi connectivity index (χ1v) is 7.71. The maximum Gasteiger partial charge on any atom is 0.360 e. The molecule has 0 bridgehead atoms. The fourth-order valence-electron chi connectivity index (χ4n) is 2.56. The molecular weight excluding hydrogens is 338 g/mol. The number of nitrogens with one attached hydrogen (secondary N) is 1. The molecule has 0 unspecified atom stereocenters. The van der Waals surface area contributed by atoms with Gasteiger partial charge in [-0.15, -0.1) is 0 Å². The quantitative estimate of drug-likeness (QED) is 0.708. The lowest BCUT2D eigenvalue weighted by atomic mass is 10.1. The molecule has 0 atom stereocenters. The minimum absolute atomic E-state index is 0.0439. The molecule has 0 aliphatic carbocycles. The molecule has 1 N–H and O–H groups in total. The van der Waals surface area contributed by atoms with E-state index in [1.807, 2.05) is 6.07 Å². The van der Waals surface area contributed by atoms with Crippen LogP contribution in [0.5, 0.6) is 17.2 Å². The number of carbonyl (C=O) groups is 1. The highest BCUT2D eigenvalue weighted by Crippen LogP contribution is 2.38. The highest BCUT2D eigenvalue weighted by atomic mass is 16.5. The average molecular weight is 355 g/mol. The Morgan fingerprint density at radius 2 is 1.62 bits per heavy atom. The van der Waals surface area contributed by atoms with E-state index in [0.717, 1.165) is 0 Å². The minimum Gasteiger partial charge on any atom is -0.493 e. The van der Waals surface area contributed by atoms with Crippen LogP contribution in [-0.4, -0.2) is 27.2 Å². The lowest BCUT2D eigenvalue weighted by Crippen LogP contribution is -2.18. The van der Waals surface area contributed by atoms with Crippen molar-refractivity contribution < 1.29 is 23.4 Å². The van der Waals surface area contributed by atoms with E-state index in [2.05, 4.69) is 5.32 Å². The van der Waals surface area contributed by atoms with Crippen LogP contribution < -0.4 is 25.2 Å². The van der Waals surface area contributed by atoms with Crippen LogP contribution in [0.1, 0.15) is 10.4 Å². The Hall–Kier alpha value is -3.48. The zero-order valence-corrected chi connectivity index (χ0v) is 14.5. The Morgan fingerprint density at radius 3 is 2.23 bits per heavy atom. The Morgan fingerprint density at radius 1 is 0.962 bits per heavy atom. The molecular formula is C19H17NO6. The average Bonchev–Trinajstić information content (AvgIpc) is 2.67. The monoisotopic (exact) mass is 355 g/mol. The van der Waals surface area contributed by atoms with Crippen LogP contribution in [-0.2, 0) is 0 Å². The second kappa shape index (κ2) is 7.18. The van der Waals surface area contributed by atoms with Gasteiger partial charge in [0.05, 0.1) is 21.3 Å². The van der Waals surface area contributed by atoms with Gasteiger partial charge in [0.1, 0.15) is 11.3 Å². The van der Waals surface area contributed by atoms with E-state index in [1.165, 1.54) is 33.5 Å². The zero-order chi connectivity index (χ0) is 18.7. The number of rotatable bonds is 5. The molecule has 0 fully saturated rings. The van der Waals surface area contributed by atoms with Crippen LogP contribution in [0.3, 0.4) is 0 Å². The van der Waals surface area contributed by atoms with Gasteiger partial charge in [0.2, 0.25) is 5.75 Å². The zero-order valence-electron chi connectivity index (χ0n) is 14.5. The fourth-order valence-corrected chi connectivity index (χ4v) is 2.56. The highest BCUT2D eigenvalue weighted by Gasteiger charge is 2.18. The van der Waals surface area contributed by atoms with Gasteiger partial charge in [0.25, 0.3) is 5.91 Å². The van der Waals surface area contributed by atoms with E-state index < -0.39 is 11.5 Å². The number of ether oxygens (including phenoxy) is 3. The number of hydrogen-bond donors (Lipinski definition) is 1. The van der Waals surface area contributed by atoms with E-state index in [9.17, 15) is 9.59 Å². The van der Waals surface area contributed by atoms with Gasteiger partial charge in [-0.05, 0) is 24.3 Å². The van der Waals surface area contributed by atoms with E-state index in [4.69, 9.17) is 18.6 Å². The maximum atomic E-state index is 12.6. The molecule has 0 saturated carbocycles. The molecule has 3 aromatic rings. The third-order valence-electron chi connectivity index (χ3n) is 3.82. The van der Waals surface area contributed by atoms with Crippen LogP contribution >= 0.6 is 0 Å². The summed E-state index contributed by atoms with van der Waals surface area (Å²) in [6.07, 6.45) is 0. The van der Waals surface area contributed by atoms with Gasteiger partial charge >= 0.3 is 5.63 Å². The molecule has 3 rings (SSSR count). The fraction of sp³-hybridized carbons (Fsp3) is 0.158. The summed E-state index contributed by atoms with van der Waals surface area (Å²) in [4.78, 5) is 24.7. The van der Waals surface area contributed by atoms with Gasteiger partial charge in [-0.3, -0.25) is 4.79 Å². The van der Waals surface area contributed by atoms with E-state index in [-0.39, 0.29) is 11.3 Å². The number of fused-ring (bicyclic) bond motifs is 1. The summed E-state index contributed by atoms with van der Waals surface area (Å²) in [6.45, 7) is 0. The molecule has 0 aliphatic rings. The summed E-state index contributed by atoms with van der Waals surface area (Å²) in [5, 5.41) is 3.26. The molecule has 1 amide bonds. The first-order valence-electron chi connectivity index (χ1n) is 7.71. The molecule has 7 heteroatoms. The second-order valence-electron chi connectivity index (χ2n) is 5.35. The number of amides is 1. The minimum atomic E-state index is -0.635. The van der Waals surface area contributed by atoms with Crippen molar-refractivity contribution in [1.82, 2.24) is 0 Å². The first-order chi connectivity index (χ1) is 12.6. The summed E-state index contributed by atoms with van der Waals surface area (Å²) in [7, 11) is 4.38. The number of hydrogen-bond acceptors (Lipinski definition) is 6. The highest BCUT2D eigenvalue weighted by molar-refractivity contribution is 6.05. The van der Waals surface area contributed by atoms with Crippen molar-refractivity contribution >= 4 is 22.6 Å². The Kier molecular flexibility index (Phi) is 4.79. The van der Waals surface area contributed by atoms with Crippen molar-refractivity contribution in [2.45, 2.75) is 0 Å². The lowest BCUT2D eigenvalue weighted by molar-refractivity contribution is 0.102. The van der Waals surface area contributed by atoms with Crippen LogP contribution in [0.2, 0.25) is 0 Å². The molecule has 0 radical (unpaired) electrons. The summed E-state index contributed by atoms with van der Waals surface area (Å²) in [5.74, 6) is 0.536. The van der Waals surface area contributed by atoms with Crippen LogP contribution in [0, 0.1) is 0 Å². The number of carbonyl (C=O) groups excluding carboxylic acids is 1. The Labute approximate surface area is 149 Å². The summed E-state index contributed by atoms with van der Waals surface area (Å²) < 4.78 is 20.9. The molecule has 1 heterocycles. The summed E-state index contributed by atoms with van der Waals surface area (Å²) in [5.41, 5.74) is 0.0993. The molecule has 0 saturated heterocycles. The van der Waals surface area contributed by atoms with E-state index in [1.54, 1.807) is 24.3 Å². The van der Waals surface area contributed by atoms with Gasteiger partial charge < -0.3 is 23.9 Å². The standard InChI is InChI=1S/C19H17NO6/c1-23-15-9-12(10-16(24-2)17(15)25-3)18(21)20-13-8-11-6-4-5-7-14(11)26-19(13)22/h4-10H,1-3H3,(H,20,21). The van der Waals surface area contributed by atoms with Crippen LogP contribution in [0.4, 0.5) is 5.69 Å². The predicted molar refractivity (Wildman–Crippen MR) is 96.5 cm³/mol. The summed E-state index contributed by atoms with van der Waals surface area (Å²) in [6, 6.07) is 11.6. The molecule has 0 aliphatic heterocycles. The van der Waals surface area contributed by atoms with Crippen molar-refractivity contribution in [1.29, 1.82) is 0 Å². The normalized spacial score (nSPS) is 10.4. The lowest BCUT2D eigenvalue weighted by Gasteiger charge is -2.14. The summed E-state index contributed by atoms with van der Waals surface area (Å²) >= 11 is 0. The molecule has 7 nitrogen and oxygen atoms in total. The van der Waals surface area contributed by atoms with Crippen LogP contribution in [0.15, 0.2) is 51.7 Å². The van der Waals surface area contributed by atoms with Crippen molar-refractivity contribution in [3.63, 3.8) is 0 Å². The predicted octanol–water partition coefficient (Wildman–Crippen LogP) is 3.07.